The number of carbonyl (C=O) groups excluding carboxylic acids is 1. The SMILES string of the molecule is O=C(c1ccc(F)cc1I)N1CCN(C2CNC2)CC1. The third-order valence-corrected chi connectivity index (χ3v) is 4.93. The van der Waals surface area contributed by atoms with Gasteiger partial charge in [-0.3, -0.25) is 9.69 Å². The average molecular weight is 389 g/mol. The van der Waals surface area contributed by atoms with Gasteiger partial charge in [0.1, 0.15) is 5.82 Å². The highest BCUT2D eigenvalue weighted by molar-refractivity contribution is 14.1. The average Bonchev–Trinajstić information content (AvgIpc) is 2.37. The third kappa shape index (κ3) is 2.82. The van der Waals surface area contributed by atoms with E-state index in [9.17, 15) is 9.18 Å². The summed E-state index contributed by atoms with van der Waals surface area (Å²) in [6, 6.07) is 4.98. The molecule has 0 unspecified atom stereocenters. The van der Waals surface area contributed by atoms with Crippen LogP contribution in [0.4, 0.5) is 4.39 Å². The molecule has 2 saturated heterocycles. The molecule has 0 atom stereocenters. The molecule has 2 heterocycles. The molecule has 1 aromatic carbocycles. The van der Waals surface area contributed by atoms with Gasteiger partial charge in [-0.15, -0.1) is 0 Å². The van der Waals surface area contributed by atoms with Crippen molar-refractivity contribution < 1.29 is 9.18 Å². The Hall–Kier alpha value is -0.730. The van der Waals surface area contributed by atoms with E-state index in [4.69, 9.17) is 0 Å². The van der Waals surface area contributed by atoms with Gasteiger partial charge >= 0.3 is 0 Å². The minimum Gasteiger partial charge on any atom is -0.336 e. The lowest BCUT2D eigenvalue weighted by Crippen LogP contribution is -2.62. The van der Waals surface area contributed by atoms with Gasteiger partial charge in [-0.1, -0.05) is 0 Å². The van der Waals surface area contributed by atoms with Gasteiger partial charge in [0.15, 0.2) is 0 Å². The summed E-state index contributed by atoms with van der Waals surface area (Å²) in [6.07, 6.45) is 0. The Morgan fingerprint density at radius 2 is 1.95 bits per heavy atom. The maximum absolute atomic E-state index is 13.1. The van der Waals surface area contributed by atoms with Crippen LogP contribution in [0.3, 0.4) is 0 Å². The summed E-state index contributed by atoms with van der Waals surface area (Å²) in [6.45, 7) is 5.48. The van der Waals surface area contributed by atoms with Crippen LogP contribution in [0, 0.1) is 9.39 Å². The molecule has 0 aliphatic carbocycles. The van der Waals surface area contributed by atoms with Crippen LogP contribution in [0.2, 0.25) is 0 Å². The summed E-state index contributed by atoms with van der Waals surface area (Å²) in [4.78, 5) is 16.8. The zero-order valence-electron chi connectivity index (χ0n) is 11.1. The fourth-order valence-corrected chi connectivity index (χ4v) is 3.36. The van der Waals surface area contributed by atoms with Crippen LogP contribution in [-0.4, -0.2) is 61.0 Å². The van der Waals surface area contributed by atoms with E-state index in [2.05, 4.69) is 10.2 Å². The van der Waals surface area contributed by atoms with Gasteiger partial charge in [0, 0.05) is 48.9 Å². The van der Waals surface area contributed by atoms with Crippen molar-refractivity contribution in [3.05, 3.63) is 33.1 Å². The number of rotatable bonds is 2. The topological polar surface area (TPSA) is 35.6 Å². The highest BCUT2D eigenvalue weighted by Gasteiger charge is 2.29. The van der Waals surface area contributed by atoms with Crippen molar-refractivity contribution in [2.24, 2.45) is 0 Å². The molecule has 1 amide bonds. The molecule has 0 spiro atoms. The van der Waals surface area contributed by atoms with E-state index in [0.717, 1.165) is 39.3 Å². The van der Waals surface area contributed by atoms with Gasteiger partial charge in [0.25, 0.3) is 5.91 Å². The molecule has 108 valence electrons. The van der Waals surface area contributed by atoms with Gasteiger partial charge in [0.05, 0.1) is 5.56 Å². The number of benzene rings is 1. The molecule has 2 aliphatic heterocycles. The first-order chi connectivity index (χ1) is 9.65. The van der Waals surface area contributed by atoms with Gasteiger partial charge in [0.2, 0.25) is 0 Å². The molecule has 4 nitrogen and oxygen atoms in total. The van der Waals surface area contributed by atoms with Crippen LogP contribution in [0.5, 0.6) is 0 Å². The van der Waals surface area contributed by atoms with E-state index in [-0.39, 0.29) is 11.7 Å². The van der Waals surface area contributed by atoms with Crippen LogP contribution < -0.4 is 5.32 Å². The number of hydrogen-bond donors (Lipinski definition) is 1. The van der Waals surface area contributed by atoms with Gasteiger partial charge in [-0.25, -0.2) is 4.39 Å². The summed E-state index contributed by atoms with van der Waals surface area (Å²) < 4.78 is 13.8. The molecule has 6 heteroatoms. The predicted octanol–water partition coefficient (Wildman–Crippen LogP) is 1.16. The summed E-state index contributed by atoms with van der Waals surface area (Å²) in [7, 11) is 0. The maximum Gasteiger partial charge on any atom is 0.255 e. The van der Waals surface area contributed by atoms with Gasteiger partial charge < -0.3 is 10.2 Å². The molecule has 2 aliphatic rings. The monoisotopic (exact) mass is 389 g/mol. The zero-order valence-corrected chi connectivity index (χ0v) is 13.3. The van der Waals surface area contributed by atoms with Crippen molar-refractivity contribution in [1.82, 2.24) is 15.1 Å². The Labute approximate surface area is 131 Å². The van der Waals surface area contributed by atoms with E-state index in [1.165, 1.54) is 12.1 Å². The second-order valence-electron chi connectivity index (χ2n) is 5.26. The lowest BCUT2D eigenvalue weighted by atomic mass is 10.1. The van der Waals surface area contributed by atoms with Crippen LogP contribution in [0.25, 0.3) is 0 Å². The lowest BCUT2D eigenvalue weighted by Gasteiger charge is -2.43. The Kier molecular flexibility index (Phi) is 4.23. The van der Waals surface area contributed by atoms with Crippen molar-refractivity contribution in [3.8, 4) is 0 Å². The number of piperazine rings is 1. The molecule has 0 radical (unpaired) electrons. The molecule has 1 aromatic rings. The van der Waals surface area contributed by atoms with E-state index < -0.39 is 0 Å². The highest BCUT2D eigenvalue weighted by atomic mass is 127. The largest absolute Gasteiger partial charge is 0.336 e. The number of nitrogens with one attached hydrogen (secondary N) is 1. The number of amides is 1. The first kappa shape index (κ1) is 14.2. The number of carbonyl (C=O) groups is 1. The minimum absolute atomic E-state index is 0.0146. The first-order valence-corrected chi connectivity index (χ1v) is 7.92. The quantitative estimate of drug-likeness (QED) is 0.772. The Bertz CT molecular complexity index is 513. The molecule has 20 heavy (non-hydrogen) atoms. The smallest absolute Gasteiger partial charge is 0.255 e. The molecule has 1 N–H and O–H groups in total. The summed E-state index contributed by atoms with van der Waals surface area (Å²) in [5, 5.41) is 3.27. The van der Waals surface area contributed by atoms with Crippen molar-refractivity contribution in [1.29, 1.82) is 0 Å². The fourth-order valence-electron chi connectivity index (χ4n) is 2.66. The van der Waals surface area contributed by atoms with Crippen molar-refractivity contribution in [3.63, 3.8) is 0 Å². The number of hydrogen-bond acceptors (Lipinski definition) is 3. The second-order valence-corrected chi connectivity index (χ2v) is 6.43. The van der Waals surface area contributed by atoms with Gasteiger partial charge in [-0.2, -0.15) is 0 Å². The van der Waals surface area contributed by atoms with Crippen molar-refractivity contribution >= 4 is 28.5 Å². The standard InChI is InChI=1S/C14H17FIN3O/c15-10-1-2-12(13(16)7-10)14(20)19-5-3-18(4-6-19)11-8-17-9-11/h1-2,7,11,17H,3-6,8-9H2. The molecule has 0 aromatic heterocycles. The van der Waals surface area contributed by atoms with E-state index in [1.807, 2.05) is 27.5 Å². The maximum atomic E-state index is 13.1. The molecule has 0 saturated carbocycles. The normalized spacial score (nSPS) is 20.8. The molecule has 2 fully saturated rings. The summed E-state index contributed by atoms with van der Waals surface area (Å²) in [5.41, 5.74) is 0.603. The molecule has 3 rings (SSSR count). The van der Waals surface area contributed by atoms with E-state index in [1.54, 1.807) is 6.07 Å². The van der Waals surface area contributed by atoms with Crippen molar-refractivity contribution in [2.45, 2.75) is 6.04 Å². The van der Waals surface area contributed by atoms with Crippen LogP contribution >= 0.6 is 22.6 Å². The second kappa shape index (κ2) is 5.95. The van der Waals surface area contributed by atoms with E-state index in [0.29, 0.717) is 15.2 Å². The number of nitrogens with zero attached hydrogens (tertiary/aromatic N) is 2. The fraction of sp³-hybridized carbons (Fsp3) is 0.500. The first-order valence-electron chi connectivity index (χ1n) is 6.84. The molecular formula is C14H17FIN3O. The minimum atomic E-state index is -0.298. The predicted molar refractivity (Wildman–Crippen MR) is 83.3 cm³/mol. The third-order valence-electron chi connectivity index (χ3n) is 4.04. The summed E-state index contributed by atoms with van der Waals surface area (Å²) in [5.74, 6) is -0.283. The zero-order chi connectivity index (χ0) is 14.1. The lowest BCUT2D eigenvalue weighted by molar-refractivity contribution is 0.0501. The van der Waals surface area contributed by atoms with Crippen LogP contribution in [0.15, 0.2) is 18.2 Å². The summed E-state index contributed by atoms with van der Waals surface area (Å²) >= 11 is 2.02. The van der Waals surface area contributed by atoms with Gasteiger partial charge in [-0.05, 0) is 40.8 Å². The molecular weight excluding hydrogens is 372 g/mol. The van der Waals surface area contributed by atoms with Crippen molar-refractivity contribution in [2.75, 3.05) is 39.3 Å². The molecule has 0 bridgehead atoms. The van der Waals surface area contributed by atoms with E-state index >= 15 is 0 Å². The van der Waals surface area contributed by atoms with Crippen LogP contribution in [-0.2, 0) is 0 Å². The Morgan fingerprint density at radius 3 is 2.50 bits per heavy atom. The Morgan fingerprint density at radius 1 is 1.25 bits per heavy atom. The number of halogens is 2. The van der Waals surface area contributed by atoms with Crippen LogP contribution in [0.1, 0.15) is 10.4 Å². The highest BCUT2D eigenvalue weighted by Crippen LogP contribution is 2.18. The Balaban J connectivity index is 1.63.